The number of rotatable bonds is 1. The molecule has 15 heavy (non-hydrogen) atoms. The van der Waals surface area contributed by atoms with Gasteiger partial charge in [0.2, 0.25) is 0 Å². The minimum absolute atomic E-state index is 0.396. The summed E-state index contributed by atoms with van der Waals surface area (Å²) < 4.78 is 2.44. The van der Waals surface area contributed by atoms with Gasteiger partial charge in [-0.15, -0.1) is 0 Å². The zero-order valence-corrected chi connectivity index (χ0v) is 9.69. The van der Waals surface area contributed by atoms with Gasteiger partial charge in [0.15, 0.2) is 0 Å². The number of aryl methyl sites for hydroxylation is 1. The van der Waals surface area contributed by atoms with Gasteiger partial charge in [-0.25, -0.2) is 0 Å². The molecule has 1 aromatic carbocycles. The van der Waals surface area contributed by atoms with E-state index in [1.54, 1.807) is 17.8 Å². The Kier molecular flexibility index (Phi) is 2.43. The lowest BCUT2D eigenvalue weighted by atomic mass is 9.61. The third-order valence-corrected chi connectivity index (χ3v) is 2.58. The maximum atomic E-state index is 9.61. The van der Waals surface area contributed by atoms with Crippen molar-refractivity contribution in [2.45, 2.75) is 5.40 Å². The number of aromatic nitrogens is 2. The van der Waals surface area contributed by atoms with Crippen LogP contribution >= 0.6 is 15.9 Å². The first-order chi connectivity index (χ1) is 6.88. The molecule has 0 aliphatic carbocycles. The van der Waals surface area contributed by atoms with E-state index in [0.717, 1.165) is 9.86 Å². The third kappa shape index (κ3) is 1.96. The summed E-state index contributed by atoms with van der Waals surface area (Å²) in [6.45, 7) is 0. The quantitative estimate of drug-likeness (QED) is 0.770. The van der Waals surface area contributed by atoms with Crippen LogP contribution in [0, 0.1) is 0 Å². The second kappa shape index (κ2) is 3.39. The molecule has 72 valence electrons. The molecular formula is C9H7B2BrN2O. The van der Waals surface area contributed by atoms with Crippen molar-refractivity contribution < 1.29 is 5.11 Å². The van der Waals surface area contributed by atoms with Gasteiger partial charge in [0.05, 0.1) is 5.52 Å². The van der Waals surface area contributed by atoms with E-state index in [9.17, 15) is 5.11 Å². The Morgan fingerprint density at radius 1 is 1.47 bits per heavy atom. The first kappa shape index (κ1) is 10.8. The van der Waals surface area contributed by atoms with Gasteiger partial charge in [0.1, 0.15) is 15.7 Å². The highest BCUT2D eigenvalue weighted by Gasteiger charge is 2.20. The van der Waals surface area contributed by atoms with E-state index in [-0.39, 0.29) is 0 Å². The highest BCUT2D eigenvalue weighted by Crippen LogP contribution is 2.28. The molecule has 0 aliphatic rings. The van der Waals surface area contributed by atoms with Crippen LogP contribution in [0.1, 0.15) is 5.56 Å². The van der Waals surface area contributed by atoms with Crippen LogP contribution < -0.4 is 0 Å². The van der Waals surface area contributed by atoms with E-state index < -0.39 is 5.40 Å². The molecule has 6 heteroatoms. The Labute approximate surface area is 98.4 Å². The van der Waals surface area contributed by atoms with E-state index >= 15 is 0 Å². The zero-order valence-electron chi connectivity index (χ0n) is 8.11. The van der Waals surface area contributed by atoms with E-state index in [2.05, 4.69) is 21.0 Å². The van der Waals surface area contributed by atoms with Crippen LogP contribution in [0.3, 0.4) is 0 Å². The Balaban J connectivity index is 2.82. The third-order valence-electron chi connectivity index (χ3n) is 2.12. The van der Waals surface area contributed by atoms with Crippen molar-refractivity contribution in [1.29, 1.82) is 0 Å². The molecular weight excluding hydrogens is 254 g/mol. The van der Waals surface area contributed by atoms with Gasteiger partial charge < -0.3 is 5.11 Å². The predicted molar refractivity (Wildman–Crippen MR) is 63.8 cm³/mol. The van der Waals surface area contributed by atoms with Crippen LogP contribution in [-0.2, 0) is 12.4 Å². The van der Waals surface area contributed by atoms with Crippen molar-refractivity contribution in [2.24, 2.45) is 7.05 Å². The van der Waals surface area contributed by atoms with Gasteiger partial charge in [0.25, 0.3) is 0 Å². The van der Waals surface area contributed by atoms with Crippen LogP contribution in [0.15, 0.2) is 22.8 Å². The molecule has 4 radical (unpaired) electrons. The average Bonchev–Trinajstić information content (AvgIpc) is 2.41. The number of fused-ring (bicyclic) bond motifs is 1. The van der Waals surface area contributed by atoms with Gasteiger partial charge in [-0.1, -0.05) is 15.9 Å². The van der Waals surface area contributed by atoms with Crippen LogP contribution in [0.4, 0.5) is 0 Å². The van der Waals surface area contributed by atoms with Crippen molar-refractivity contribution in [3.63, 3.8) is 0 Å². The normalized spacial score (nSPS) is 12.2. The van der Waals surface area contributed by atoms with Gasteiger partial charge in [-0.3, -0.25) is 4.68 Å². The average molecular weight is 261 g/mol. The minimum Gasteiger partial charge on any atom is -0.405 e. The van der Waals surface area contributed by atoms with Crippen LogP contribution in [0.5, 0.6) is 0 Å². The lowest BCUT2D eigenvalue weighted by molar-refractivity contribution is 0.218. The summed E-state index contributed by atoms with van der Waals surface area (Å²) in [5.41, 5.74) is 1.00. The second-order valence-electron chi connectivity index (χ2n) is 3.52. The molecule has 0 atom stereocenters. The maximum absolute atomic E-state index is 9.61. The molecule has 0 saturated carbocycles. The summed E-state index contributed by atoms with van der Waals surface area (Å²) in [6, 6.07) is 3.55. The van der Waals surface area contributed by atoms with E-state index in [1.165, 1.54) is 0 Å². The molecule has 1 heterocycles. The van der Waals surface area contributed by atoms with E-state index in [1.807, 2.05) is 12.3 Å². The molecule has 0 unspecified atom stereocenters. The Hall–Kier alpha value is -0.740. The molecule has 0 saturated heterocycles. The molecule has 0 spiro atoms. The fourth-order valence-electron chi connectivity index (χ4n) is 1.52. The topological polar surface area (TPSA) is 38.0 Å². The van der Waals surface area contributed by atoms with Gasteiger partial charge in [-0.2, -0.15) is 5.10 Å². The van der Waals surface area contributed by atoms with Crippen LogP contribution in [0.25, 0.3) is 10.9 Å². The first-order valence-electron chi connectivity index (χ1n) is 4.31. The number of halogens is 1. The van der Waals surface area contributed by atoms with Crippen molar-refractivity contribution in [2.75, 3.05) is 0 Å². The molecule has 1 N–H and O–H groups in total. The van der Waals surface area contributed by atoms with Crippen LogP contribution in [-0.4, -0.2) is 30.6 Å². The second-order valence-corrected chi connectivity index (χ2v) is 4.43. The Morgan fingerprint density at radius 2 is 2.13 bits per heavy atom. The number of aliphatic hydroxyl groups is 1. The van der Waals surface area contributed by atoms with E-state index in [0.29, 0.717) is 11.1 Å². The summed E-state index contributed by atoms with van der Waals surface area (Å²) >= 11 is 3.33. The first-order valence-corrected chi connectivity index (χ1v) is 5.11. The number of benzene rings is 1. The zero-order chi connectivity index (χ0) is 11.2. The fraction of sp³-hybridized carbons (Fsp3) is 0.222. The molecule has 2 rings (SSSR count). The summed E-state index contributed by atoms with van der Waals surface area (Å²) in [5.74, 6) is 0. The predicted octanol–water partition coefficient (Wildman–Crippen LogP) is 0.775. The van der Waals surface area contributed by atoms with Crippen molar-refractivity contribution in [3.8, 4) is 0 Å². The molecule has 0 aliphatic heterocycles. The number of nitrogens with zero attached hydrogens (tertiary/aromatic N) is 2. The fourth-order valence-corrected chi connectivity index (χ4v) is 2.00. The number of hydrogen-bond donors (Lipinski definition) is 1. The Bertz CT molecular complexity index is 519. The standard InChI is InChI=1S/C9H7B2BrN2O/c1-14-4-5-2-6(12)3-7(8(5)13-14)9(10,11)15/h2-4,15H,1H3. The highest BCUT2D eigenvalue weighted by molar-refractivity contribution is 9.10. The maximum Gasteiger partial charge on any atom is 0.105 e. The van der Waals surface area contributed by atoms with Gasteiger partial charge >= 0.3 is 0 Å². The van der Waals surface area contributed by atoms with Crippen molar-refractivity contribution in [3.05, 3.63) is 28.4 Å². The summed E-state index contributed by atoms with van der Waals surface area (Å²) in [5, 5.41) is 12.8. The number of hydrogen-bond acceptors (Lipinski definition) is 2. The monoisotopic (exact) mass is 260 g/mol. The molecule has 1 aromatic heterocycles. The molecule has 2 aromatic rings. The van der Waals surface area contributed by atoms with Crippen LogP contribution in [0.2, 0.25) is 0 Å². The lowest BCUT2D eigenvalue weighted by Gasteiger charge is -2.19. The summed E-state index contributed by atoms with van der Waals surface area (Å²) in [6.07, 6.45) is 1.83. The molecule has 0 bridgehead atoms. The van der Waals surface area contributed by atoms with E-state index in [4.69, 9.17) is 15.7 Å². The SMILES string of the molecule is [B]C([B])(O)c1cc(Br)cc2cn(C)nc12. The van der Waals surface area contributed by atoms with Gasteiger partial charge in [0, 0.05) is 28.5 Å². The van der Waals surface area contributed by atoms with Crippen molar-refractivity contribution in [1.82, 2.24) is 9.78 Å². The minimum atomic E-state index is -1.88. The van der Waals surface area contributed by atoms with Crippen molar-refractivity contribution >= 4 is 42.5 Å². The highest BCUT2D eigenvalue weighted by atomic mass is 79.9. The molecule has 0 amide bonds. The summed E-state index contributed by atoms with van der Waals surface area (Å²) in [4.78, 5) is 0. The van der Waals surface area contributed by atoms with Gasteiger partial charge in [-0.05, 0) is 17.7 Å². The Morgan fingerprint density at radius 3 is 2.73 bits per heavy atom. The smallest absolute Gasteiger partial charge is 0.105 e. The largest absolute Gasteiger partial charge is 0.405 e. The lowest BCUT2D eigenvalue weighted by Crippen LogP contribution is -2.26. The molecule has 0 fully saturated rings. The molecule has 3 nitrogen and oxygen atoms in total. The summed E-state index contributed by atoms with van der Waals surface area (Å²) in [7, 11) is 12.7.